The van der Waals surface area contributed by atoms with E-state index in [1.54, 1.807) is 0 Å². The van der Waals surface area contributed by atoms with Crippen LogP contribution in [-0.2, 0) is 9.53 Å². The number of nitrogens with zero attached hydrogens (tertiary/aromatic N) is 2. The van der Waals surface area contributed by atoms with Crippen molar-refractivity contribution in [2.75, 3.05) is 32.8 Å². The van der Waals surface area contributed by atoms with Crippen LogP contribution in [-0.4, -0.2) is 60.2 Å². The van der Waals surface area contributed by atoms with E-state index in [1.165, 1.54) is 19.3 Å². The second kappa shape index (κ2) is 6.50. The largest absolute Gasteiger partial charge is 0.379 e. The third kappa shape index (κ3) is 3.25. The van der Waals surface area contributed by atoms with Gasteiger partial charge in [-0.1, -0.05) is 19.3 Å². The normalized spacial score (nSPS) is 31.5. The van der Waals surface area contributed by atoms with E-state index in [4.69, 9.17) is 4.74 Å². The topological polar surface area (TPSA) is 84.7 Å². The van der Waals surface area contributed by atoms with E-state index < -0.39 is 12.0 Å². The molecule has 3 aliphatic rings. The highest BCUT2D eigenvalue weighted by Gasteiger charge is 2.53. The highest BCUT2D eigenvalue weighted by Crippen LogP contribution is 2.36. The molecule has 22 heavy (non-hydrogen) atoms. The predicted molar refractivity (Wildman–Crippen MR) is 80.1 cm³/mol. The van der Waals surface area contributed by atoms with Crippen molar-refractivity contribution in [3.05, 3.63) is 10.1 Å². The van der Waals surface area contributed by atoms with Crippen LogP contribution in [0.5, 0.6) is 0 Å². The zero-order valence-electron chi connectivity index (χ0n) is 13.0. The maximum atomic E-state index is 12.1. The monoisotopic (exact) mass is 311 g/mol. The van der Waals surface area contributed by atoms with E-state index >= 15 is 0 Å². The van der Waals surface area contributed by atoms with Gasteiger partial charge in [0, 0.05) is 36.5 Å². The van der Waals surface area contributed by atoms with Crippen LogP contribution in [0.15, 0.2) is 0 Å². The third-order valence-electron chi connectivity index (χ3n) is 5.42. The molecule has 124 valence electrons. The molecule has 2 aliphatic carbocycles. The lowest BCUT2D eigenvalue weighted by atomic mass is 9.79. The van der Waals surface area contributed by atoms with Crippen molar-refractivity contribution in [3.8, 4) is 0 Å². The van der Waals surface area contributed by atoms with Gasteiger partial charge in [-0.3, -0.25) is 19.8 Å². The molecule has 0 unspecified atom stereocenters. The minimum absolute atomic E-state index is 0.0245. The summed E-state index contributed by atoms with van der Waals surface area (Å²) < 4.78 is 5.45. The summed E-state index contributed by atoms with van der Waals surface area (Å²) >= 11 is 0. The fourth-order valence-corrected chi connectivity index (χ4v) is 3.93. The third-order valence-corrected chi connectivity index (χ3v) is 5.42. The van der Waals surface area contributed by atoms with E-state index in [1.807, 2.05) is 0 Å². The van der Waals surface area contributed by atoms with Gasteiger partial charge >= 0.3 is 0 Å². The average molecular weight is 311 g/mol. The predicted octanol–water partition coefficient (Wildman–Crippen LogP) is 0.803. The summed E-state index contributed by atoms with van der Waals surface area (Å²) in [6, 6.07) is -0.661. The first-order valence-corrected chi connectivity index (χ1v) is 8.36. The molecule has 0 aromatic rings. The molecule has 2 atom stereocenters. The number of nitro groups is 1. The van der Waals surface area contributed by atoms with E-state index in [0.29, 0.717) is 13.0 Å². The Balaban J connectivity index is 1.58. The lowest BCUT2D eigenvalue weighted by molar-refractivity contribution is -0.497. The fraction of sp³-hybridized carbons (Fsp3) is 0.933. The number of amides is 1. The standard InChI is InChI=1S/C15H25N3O4/c19-14(12-10-13(12)18(20)21)16-11-15(4-2-1-3-5-15)17-6-8-22-9-7-17/h12-13H,1-11H2,(H,16,19)/t12-,13-/m1/s1. The summed E-state index contributed by atoms with van der Waals surface area (Å²) in [5.74, 6) is -0.555. The minimum atomic E-state index is -0.661. The molecule has 2 saturated carbocycles. The Hall–Kier alpha value is -1.21. The van der Waals surface area contributed by atoms with Crippen LogP contribution in [0, 0.1) is 16.0 Å². The van der Waals surface area contributed by atoms with Gasteiger partial charge in [0.15, 0.2) is 0 Å². The van der Waals surface area contributed by atoms with Crippen LogP contribution in [0.1, 0.15) is 38.5 Å². The van der Waals surface area contributed by atoms with E-state index in [-0.39, 0.29) is 16.4 Å². The van der Waals surface area contributed by atoms with Crippen molar-refractivity contribution in [2.45, 2.75) is 50.1 Å². The molecule has 3 fully saturated rings. The number of nitrogens with one attached hydrogen (secondary N) is 1. The van der Waals surface area contributed by atoms with Gasteiger partial charge in [0.1, 0.15) is 5.92 Å². The van der Waals surface area contributed by atoms with Gasteiger partial charge in [0.05, 0.1) is 13.2 Å². The zero-order valence-corrected chi connectivity index (χ0v) is 13.0. The molecule has 3 rings (SSSR count). The molecule has 1 amide bonds. The van der Waals surface area contributed by atoms with E-state index in [9.17, 15) is 14.9 Å². The SMILES string of the molecule is O=C(NCC1(N2CCOCC2)CCCCC1)[C@@H]1C[C@H]1[N+](=O)[O-]. The maximum Gasteiger partial charge on any atom is 0.230 e. The molecule has 7 heteroatoms. The first kappa shape index (κ1) is 15.7. The summed E-state index contributed by atoms with van der Waals surface area (Å²) in [4.78, 5) is 25.0. The van der Waals surface area contributed by atoms with Gasteiger partial charge in [-0.25, -0.2) is 0 Å². The first-order valence-electron chi connectivity index (χ1n) is 8.36. The smallest absolute Gasteiger partial charge is 0.230 e. The van der Waals surface area contributed by atoms with Crippen LogP contribution >= 0.6 is 0 Å². The van der Waals surface area contributed by atoms with Gasteiger partial charge < -0.3 is 10.1 Å². The van der Waals surface area contributed by atoms with Crippen LogP contribution in [0.2, 0.25) is 0 Å². The Kier molecular flexibility index (Phi) is 4.63. The molecular weight excluding hydrogens is 286 g/mol. The molecule has 0 bridgehead atoms. The first-order chi connectivity index (χ1) is 10.6. The minimum Gasteiger partial charge on any atom is -0.379 e. The Morgan fingerprint density at radius 2 is 1.95 bits per heavy atom. The Morgan fingerprint density at radius 1 is 1.27 bits per heavy atom. The molecule has 1 heterocycles. The number of hydrogen-bond acceptors (Lipinski definition) is 5. The number of carbonyl (C=O) groups is 1. The number of hydrogen-bond donors (Lipinski definition) is 1. The van der Waals surface area contributed by atoms with E-state index in [2.05, 4.69) is 10.2 Å². The lowest BCUT2D eigenvalue weighted by Crippen LogP contribution is -2.59. The highest BCUT2D eigenvalue weighted by atomic mass is 16.6. The molecule has 0 spiro atoms. The molecule has 0 radical (unpaired) electrons. The Labute approximate surface area is 130 Å². The van der Waals surface area contributed by atoms with E-state index in [0.717, 1.165) is 39.1 Å². The average Bonchev–Trinajstić information content (AvgIpc) is 3.35. The molecule has 7 nitrogen and oxygen atoms in total. The number of ether oxygens (including phenoxy) is 1. The Bertz CT molecular complexity index is 431. The second-order valence-corrected chi connectivity index (χ2v) is 6.80. The summed E-state index contributed by atoms with van der Waals surface area (Å²) in [5, 5.41) is 13.7. The van der Waals surface area contributed by atoms with Gasteiger partial charge in [-0.2, -0.15) is 0 Å². The molecule has 0 aromatic heterocycles. The zero-order chi connectivity index (χ0) is 15.6. The summed E-state index contributed by atoms with van der Waals surface area (Å²) in [6.07, 6.45) is 6.21. The van der Waals surface area contributed by atoms with Gasteiger partial charge in [0.2, 0.25) is 11.9 Å². The molecule has 1 aliphatic heterocycles. The van der Waals surface area contributed by atoms with Crippen LogP contribution < -0.4 is 5.32 Å². The quantitative estimate of drug-likeness (QED) is 0.600. The number of rotatable bonds is 5. The summed E-state index contributed by atoms with van der Waals surface area (Å²) in [5.41, 5.74) is 0.0245. The molecule has 0 aromatic carbocycles. The van der Waals surface area contributed by atoms with Crippen molar-refractivity contribution in [1.82, 2.24) is 10.2 Å². The van der Waals surface area contributed by atoms with Crippen molar-refractivity contribution in [1.29, 1.82) is 0 Å². The second-order valence-electron chi connectivity index (χ2n) is 6.80. The summed E-state index contributed by atoms with van der Waals surface area (Å²) in [7, 11) is 0. The van der Waals surface area contributed by atoms with Crippen molar-refractivity contribution in [2.24, 2.45) is 5.92 Å². The fourth-order valence-electron chi connectivity index (χ4n) is 3.93. The van der Waals surface area contributed by atoms with Crippen molar-refractivity contribution in [3.63, 3.8) is 0 Å². The number of carbonyl (C=O) groups excluding carboxylic acids is 1. The van der Waals surface area contributed by atoms with Crippen LogP contribution in [0.4, 0.5) is 0 Å². The molecule has 1 saturated heterocycles. The van der Waals surface area contributed by atoms with Gasteiger partial charge in [-0.05, 0) is 12.8 Å². The van der Waals surface area contributed by atoms with Crippen LogP contribution in [0.25, 0.3) is 0 Å². The molecule has 1 N–H and O–H groups in total. The highest BCUT2D eigenvalue weighted by molar-refractivity contribution is 5.82. The Morgan fingerprint density at radius 3 is 2.55 bits per heavy atom. The maximum absolute atomic E-state index is 12.1. The van der Waals surface area contributed by atoms with Crippen molar-refractivity contribution >= 4 is 5.91 Å². The van der Waals surface area contributed by atoms with Crippen molar-refractivity contribution < 1.29 is 14.5 Å². The van der Waals surface area contributed by atoms with Crippen LogP contribution in [0.3, 0.4) is 0 Å². The lowest BCUT2D eigenvalue weighted by Gasteiger charge is -2.48. The van der Waals surface area contributed by atoms with Gasteiger partial charge in [0.25, 0.3) is 0 Å². The molecular formula is C15H25N3O4. The van der Waals surface area contributed by atoms with Gasteiger partial charge in [-0.15, -0.1) is 0 Å². The summed E-state index contributed by atoms with van der Waals surface area (Å²) in [6.45, 7) is 3.95. The number of morpholine rings is 1.